The number of rotatable bonds is 2. The normalized spacial score (nSPS) is 10.1. The number of nitrogen functional groups attached to an aromatic ring is 1. The number of hydrogen-bond acceptors (Lipinski definition) is 4. The highest BCUT2D eigenvalue weighted by molar-refractivity contribution is 5.99. The zero-order chi connectivity index (χ0) is 11.5. The number of anilines is 1. The number of aromatic nitrogens is 2. The van der Waals surface area contributed by atoms with Gasteiger partial charge in [-0.15, -0.1) is 0 Å². The lowest BCUT2D eigenvalue weighted by atomic mass is 10.2. The Morgan fingerprint density at radius 3 is 2.75 bits per heavy atom. The monoisotopic (exact) mass is 217 g/mol. The molecule has 0 saturated carbocycles. The lowest BCUT2D eigenvalue weighted by Gasteiger charge is -2.07. The van der Waals surface area contributed by atoms with Crippen molar-refractivity contribution in [1.82, 2.24) is 9.78 Å². The maximum atomic E-state index is 12.0. The molecular weight excluding hydrogens is 206 g/mol. The Morgan fingerprint density at radius 2 is 2.12 bits per heavy atom. The summed E-state index contributed by atoms with van der Waals surface area (Å²) in [5, 5.41) is 3.85. The van der Waals surface area contributed by atoms with Crippen LogP contribution in [0.3, 0.4) is 0 Å². The lowest BCUT2D eigenvalue weighted by molar-refractivity contribution is 0.0945. The van der Waals surface area contributed by atoms with E-state index in [-0.39, 0.29) is 5.91 Å². The number of methoxy groups -OCH3 is 1. The summed E-state index contributed by atoms with van der Waals surface area (Å²) in [5.74, 6) is 0.498. The molecule has 0 fully saturated rings. The number of carbonyl (C=O) groups excluding carboxylic acids is 1. The van der Waals surface area contributed by atoms with Crippen molar-refractivity contribution in [2.24, 2.45) is 0 Å². The van der Waals surface area contributed by atoms with Gasteiger partial charge >= 0.3 is 0 Å². The Balaban J connectivity index is 2.46. The first kappa shape index (κ1) is 10.2. The zero-order valence-electron chi connectivity index (χ0n) is 8.75. The summed E-state index contributed by atoms with van der Waals surface area (Å²) in [5.41, 5.74) is 6.04. The molecule has 0 unspecified atom stereocenters. The lowest BCUT2D eigenvalue weighted by Crippen LogP contribution is -2.16. The second kappa shape index (κ2) is 4.06. The fraction of sp³-hybridized carbons (Fsp3) is 0.0909. The van der Waals surface area contributed by atoms with Crippen LogP contribution in [0, 0.1) is 0 Å². The Morgan fingerprint density at radius 1 is 1.38 bits per heavy atom. The van der Waals surface area contributed by atoms with Crippen LogP contribution in [-0.4, -0.2) is 22.8 Å². The van der Waals surface area contributed by atoms with Crippen LogP contribution in [0.15, 0.2) is 36.5 Å². The van der Waals surface area contributed by atoms with Crippen LogP contribution in [0.1, 0.15) is 10.4 Å². The van der Waals surface area contributed by atoms with Crippen LogP contribution < -0.4 is 10.5 Å². The Kier molecular flexibility index (Phi) is 2.59. The molecule has 5 heteroatoms. The molecule has 0 amide bonds. The van der Waals surface area contributed by atoms with E-state index in [1.807, 2.05) is 0 Å². The average Bonchev–Trinajstić information content (AvgIpc) is 2.74. The van der Waals surface area contributed by atoms with E-state index in [1.165, 1.54) is 13.3 Å². The van der Waals surface area contributed by atoms with Crippen molar-refractivity contribution < 1.29 is 9.53 Å². The van der Waals surface area contributed by atoms with Gasteiger partial charge in [-0.3, -0.25) is 4.79 Å². The number of benzene rings is 1. The molecule has 0 atom stereocenters. The average molecular weight is 217 g/mol. The summed E-state index contributed by atoms with van der Waals surface area (Å²) in [6.07, 6.45) is 1.47. The standard InChI is InChI=1S/C11H11N3O2/c1-16-9-5-3-2-4-8(9)11(15)14-10(12)6-7-13-14/h2-7H,12H2,1H3. The van der Waals surface area contributed by atoms with E-state index < -0.39 is 0 Å². The van der Waals surface area contributed by atoms with Gasteiger partial charge in [0.2, 0.25) is 0 Å². The molecule has 0 spiro atoms. The highest BCUT2D eigenvalue weighted by Gasteiger charge is 2.15. The topological polar surface area (TPSA) is 70.1 Å². The van der Waals surface area contributed by atoms with Crippen molar-refractivity contribution in [2.75, 3.05) is 12.8 Å². The van der Waals surface area contributed by atoms with Gasteiger partial charge in [-0.2, -0.15) is 9.78 Å². The molecule has 0 bridgehead atoms. The minimum absolute atomic E-state index is 0.302. The second-order valence-corrected chi connectivity index (χ2v) is 3.17. The largest absolute Gasteiger partial charge is 0.496 e. The second-order valence-electron chi connectivity index (χ2n) is 3.17. The Bertz CT molecular complexity index is 519. The van der Waals surface area contributed by atoms with Crippen molar-refractivity contribution >= 4 is 11.7 Å². The zero-order valence-corrected chi connectivity index (χ0v) is 8.75. The van der Waals surface area contributed by atoms with E-state index in [1.54, 1.807) is 30.3 Å². The smallest absolute Gasteiger partial charge is 0.283 e. The highest BCUT2D eigenvalue weighted by Crippen LogP contribution is 2.19. The molecule has 0 aliphatic carbocycles. The van der Waals surface area contributed by atoms with Crippen molar-refractivity contribution in [3.63, 3.8) is 0 Å². The Hall–Kier alpha value is -2.30. The number of nitrogens with two attached hydrogens (primary N) is 1. The molecule has 1 heterocycles. The third-order valence-electron chi connectivity index (χ3n) is 2.20. The van der Waals surface area contributed by atoms with E-state index >= 15 is 0 Å². The molecule has 2 N–H and O–H groups in total. The molecule has 0 saturated heterocycles. The van der Waals surface area contributed by atoms with Gasteiger partial charge in [0, 0.05) is 6.07 Å². The molecule has 0 aliphatic heterocycles. The third-order valence-corrected chi connectivity index (χ3v) is 2.20. The van der Waals surface area contributed by atoms with E-state index in [2.05, 4.69) is 5.10 Å². The van der Waals surface area contributed by atoms with Crippen molar-refractivity contribution in [2.45, 2.75) is 0 Å². The minimum Gasteiger partial charge on any atom is -0.496 e. The molecule has 1 aromatic heterocycles. The van der Waals surface area contributed by atoms with Gasteiger partial charge in [-0.05, 0) is 12.1 Å². The molecule has 2 rings (SSSR count). The maximum Gasteiger partial charge on any atom is 0.283 e. The molecular formula is C11H11N3O2. The summed E-state index contributed by atoms with van der Waals surface area (Å²) in [7, 11) is 1.51. The summed E-state index contributed by atoms with van der Waals surface area (Å²) in [4.78, 5) is 12.0. The number of nitrogens with zero attached hydrogens (tertiary/aromatic N) is 2. The molecule has 1 aromatic carbocycles. The van der Waals surface area contributed by atoms with Crippen LogP contribution in [0.5, 0.6) is 5.75 Å². The number of para-hydroxylation sites is 1. The van der Waals surface area contributed by atoms with Crippen LogP contribution in [0.2, 0.25) is 0 Å². The summed E-state index contributed by atoms with van der Waals surface area (Å²) in [6, 6.07) is 8.50. The van der Waals surface area contributed by atoms with Crippen LogP contribution in [0.4, 0.5) is 5.82 Å². The first-order chi connectivity index (χ1) is 7.74. The molecule has 0 aliphatic rings. The highest BCUT2D eigenvalue weighted by atomic mass is 16.5. The quantitative estimate of drug-likeness (QED) is 0.819. The van der Waals surface area contributed by atoms with Gasteiger partial charge in [0.15, 0.2) is 0 Å². The fourth-order valence-electron chi connectivity index (χ4n) is 1.42. The van der Waals surface area contributed by atoms with Crippen LogP contribution in [0.25, 0.3) is 0 Å². The number of hydrogen-bond donors (Lipinski definition) is 1. The molecule has 0 radical (unpaired) electrons. The maximum absolute atomic E-state index is 12.0. The van der Waals surface area contributed by atoms with Gasteiger partial charge in [0.05, 0.1) is 18.9 Å². The molecule has 5 nitrogen and oxygen atoms in total. The summed E-state index contributed by atoms with van der Waals surface area (Å²) >= 11 is 0. The van der Waals surface area contributed by atoms with Crippen LogP contribution in [-0.2, 0) is 0 Å². The fourth-order valence-corrected chi connectivity index (χ4v) is 1.42. The van der Waals surface area contributed by atoms with Crippen molar-refractivity contribution in [1.29, 1.82) is 0 Å². The van der Waals surface area contributed by atoms with Crippen molar-refractivity contribution in [3.8, 4) is 5.75 Å². The van der Waals surface area contributed by atoms with Crippen molar-refractivity contribution in [3.05, 3.63) is 42.1 Å². The molecule has 82 valence electrons. The van der Waals surface area contributed by atoms with Gasteiger partial charge in [-0.25, -0.2) is 0 Å². The molecule has 2 aromatic rings. The SMILES string of the molecule is COc1ccccc1C(=O)n1nccc1N. The summed E-state index contributed by atoms with van der Waals surface area (Å²) < 4.78 is 6.24. The van der Waals surface area contributed by atoms with Gasteiger partial charge in [0.1, 0.15) is 11.6 Å². The van der Waals surface area contributed by atoms with E-state index in [0.29, 0.717) is 17.1 Å². The predicted octanol–water partition coefficient (Wildman–Crippen LogP) is 1.16. The van der Waals surface area contributed by atoms with Gasteiger partial charge < -0.3 is 10.5 Å². The summed E-state index contributed by atoms with van der Waals surface area (Å²) in [6.45, 7) is 0. The third kappa shape index (κ3) is 1.63. The first-order valence-corrected chi connectivity index (χ1v) is 4.71. The first-order valence-electron chi connectivity index (χ1n) is 4.71. The van der Waals surface area contributed by atoms with E-state index in [4.69, 9.17) is 10.5 Å². The number of carbonyl (C=O) groups is 1. The van der Waals surface area contributed by atoms with Gasteiger partial charge in [-0.1, -0.05) is 12.1 Å². The number of ether oxygens (including phenoxy) is 1. The minimum atomic E-state index is -0.306. The van der Waals surface area contributed by atoms with Gasteiger partial charge in [0.25, 0.3) is 5.91 Å². The Labute approximate surface area is 92.4 Å². The molecule has 16 heavy (non-hydrogen) atoms. The van der Waals surface area contributed by atoms with E-state index in [0.717, 1.165) is 4.68 Å². The predicted molar refractivity (Wildman–Crippen MR) is 59.4 cm³/mol. The van der Waals surface area contributed by atoms with Crippen LogP contribution >= 0.6 is 0 Å². The van der Waals surface area contributed by atoms with E-state index in [9.17, 15) is 4.79 Å².